The summed E-state index contributed by atoms with van der Waals surface area (Å²) in [4.78, 5) is 0. The van der Waals surface area contributed by atoms with Gasteiger partial charge < -0.3 is 9.84 Å². The highest BCUT2D eigenvalue weighted by Crippen LogP contribution is 2.17. The van der Waals surface area contributed by atoms with Gasteiger partial charge in [0.1, 0.15) is 0 Å². The first-order valence-corrected chi connectivity index (χ1v) is 5.50. The van der Waals surface area contributed by atoms with Gasteiger partial charge in [-0.15, -0.1) is 0 Å². The molecule has 1 aliphatic heterocycles. The van der Waals surface area contributed by atoms with Crippen LogP contribution in [0.3, 0.4) is 0 Å². The highest BCUT2D eigenvalue weighted by molar-refractivity contribution is 4.68. The van der Waals surface area contributed by atoms with E-state index in [1.54, 1.807) is 0 Å². The number of rotatable bonds is 7. The zero-order chi connectivity index (χ0) is 9.94. The molecule has 1 saturated heterocycles. The van der Waals surface area contributed by atoms with E-state index in [2.05, 4.69) is 6.92 Å². The first-order valence-electron chi connectivity index (χ1n) is 5.50. The Kier molecular flexibility index (Phi) is 9.94. The maximum absolute atomic E-state index is 7.00. The largest absolute Gasteiger partial charge is 0.400 e. The average molecular weight is 188 g/mol. The van der Waals surface area contributed by atoms with Crippen molar-refractivity contribution in [2.24, 2.45) is 0 Å². The van der Waals surface area contributed by atoms with Gasteiger partial charge in [0.2, 0.25) is 0 Å². The highest BCUT2D eigenvalue weighted by atomic mass is 16.6. The Bertz CT molecular complexity index is 90.1. The van der Waals surface area contributed by atoms with Crippen molar-refractivity contribution < 1.29 is 9.84 Å². The van der Waals surface area contributed by atoms with E-state index in [-0.39, 0.29) is 0 Å². The topological polar surface area (TPSA) is 32.8 Å². The van der Waals surface area contributed by atoms with Crippen molar-refractivity contribution in [2.75, 3.05) is 13.7 Å². The van der Waals surface area contributed by atoms with Gasteiger partial charge in [0, 0.05) is 7.11 Å². The molecule has 1 fully saturated rings. The van der Waals surface area contributed by atoms with Crippen LogP contribution in [0.4, 0.5) is 0 Å². The Hall–Kier alpha value is -0.0800. The zero-order valence-electron chi connectivity index (χ0n) is 9.09. The molecule has 0 aromatic carbocycles. The summed E-state index contributed by atoms with van der Waals surface area (Å²) in [6, 6.07) is 0. The Morgan fingerprint density at radius 3 is 2.15 bits per heavy atom. The summed E-state index contributed by atoms with van der Waals surface area (Å²) in [6.45, 7) is 3.30. The van der Waals surface area contributed by atoms with E-state index in [4.69, 9.17) is 9.84 Å². The second-order valence-electron chi connectivity index (χ2n) is 3.51. The quantitative estimate of drug-likeness (QED) is 0.492. The molecule has 0 saturated carbocycles. The fraction of sp³-hybridized carbons (Fsp3) is 1.00. The smallest absolute Gasteiger partial charge is 0.0810 e. The fourth-order valence-electron chi connectivity index (χ4n) is 1.39. The summed E-state index contributed by atoms with van der Waals surface area (Å²) in [5.74, 6) is 0. The zero-order valence-corrected chi connectivity index (χ0v) is 9.09. The maximum Gasteiger partial charge on any atom is 0.0810 e. The number of aliphatic hydroxyl groups is 1. The molecule has 0 aliphatic carbocycles. The van der Waals surface area contributed by atoms with Crippen LogP contribution < -0.4 is 0 Å². The summed E-state index contributed by atoms with van der Waals surface area (Å²) < 4.78 is 5.14. The molecule has 0 aromatic rings. The van der Waals surface area contributed by atoms with E-state index in [1.807, 2.05) is 0 Å². The molecule has 0 spiro atoms. The summed E-state index contributed by atoms with van der Waals surface area (Å²) >= 11 is 0. The SMILES string of the molecule is CCCCCCCCC1CO1.CO. The number of hydrogen-bond donors (Lipinski definition) is 1. The predicted octanol–water partition coefficient (Wildman–Crippen LogP) is 2.74. The average Bonchev–Trinajstić information content (AvgIpc) is 2.98. The summed E-state index contributed by atoms with van der Waals surface area (Å²) in [5.41, 5.74) is 0. The van der Waals surface area contributed by atoms with Gasteiger partial charge in [0.25, 0.3) is 0 Å². The lowest BCUT2D eigenvalue weighted by Gasteiger charge is -1.97. The molecule has 2 nitrogen and oxygen atoms in total. The normalized spacial score (nSPS) is 19.2. The lowest BCUT2D eigenvalue weighted by molar-refractivity contribution is 0.387. The lowest BCUT2D eigenvalue weighted by Crippen LogP contribution is -1.85. The van der Waals surface area contributed by atoms with Crippen LogP contribution in [-0.4, -0.2) is 24.9 Å². The molecular formula is C11H24O2. The maximum atomic E-state index is 7.00. The molecule has 0 radical (unpaired) electrons. The van der Waals surface area contributed by atoms with Crippen molar-refractivity contribution >= 4 is 0 Å². The van der Waals surface area contributed by atoms with Gasteiger partial charge in [-0.25, -0.2) is 0 Å². The Labute approximate surface area is 82.3 Å². The molecule has 1 N–H and O–H groups in total. The Morgan fingerprint density at radius 1 is 1.08 bits per heavy atom. The number of ether oxygens (including phenoxy) is 1. The molecule has 80 valence electrons. The van der Waals surface area contributed by atoms with E-state index in [0.717, 1.165) is 13.7 Å². The minimum Gasteiger partial charge on any atom is -0.400 e. The van der Waals surface area contributed by atoms with Crippen molar-refractivity contribution in [1.29, 1.82) is 0 Å². The van der Waals surface area contributed by atoms with Crippen LogP contribution in [0.25, 0.3) is 0 Å². The fourth-order valence-corrected chi connectivity index (χ4v) is 1.39. The molecule has 2 heteroatoms. The standard InChI is InChI=1S/C10H20O.CH4O/c1-2-3-4-5-6-7-8-10-9-11-10;1-2/h10H,2-9H2,1H3;2H,1H3. The van der Waals surface area contributed by atoms with Gasteiger partial charge in [0.15, 0.2) is 0 Å². The first-order chi connectivity index (χ1) is 6.43. The number of hydrogen-bond acceptors (Lipinski definition) is 2. The molecule has 13 heavy (non-hydrogen) atoms. The van der Waals surface area contributed by atoms with Crippen LogP contribution in [0.15, 0.2) is 0 Å². The van der Waals surface area contributed by atoms with E-state index < -0.39 is 0 Å². The van der Waals surface area contributed by atoms with Crippen molar-refractivity contribution in [1.82, 2.24) is 0 Å². The Balaban J connectivity index is 0.000000671. The highest BCUT2D eigenvalue weighted by Gasteiger charge is 2.20. The van der Waals surface area contributed by atoms with Crippen LogP contribution >= 0.6 is 0 Å². The van der Waals surface area contributed by atoms with Gasteiger partial charge in [-0.05, 0) is 6.42 Å². The van der Waals surface area contributed by atoms with Crippen LogP contribution in [0.2, 0.25) is 0 Å². The van der Waals surface area contributed by atoms with E-state index in [0.29, 0.717) is 6.10 Å². The third kappa shape index (κ3) is 9.84. The van der Waals surface area contributed by atoms with Gasteiger partial charge in [0.05, 0.1) is 12.7 Å². The molecule has 1 unspecified atom stereocenters. The van der Waals surface area contributed by atoms with E-state index >= 15 is 0 Å². The summed E-state index contributed by atoms with van der Waals surface area (Å²) in [5, 5.41) is 7.00. The molecule has 1 heterocycles. The molecule has 1 rings (SSSR count). The van der Waals surface area contributed by atoms with Crippen molar-refractivity contribution in [2.45, 2.75) is 58.0 Å². The number of epoxide rings is 1. The third-order valence-electron chi connectivity index (χ3n) is 2.28. The Morgan fingerprint density at radius 2 is 1.62 bits per heavy atom. The van der Waals surface area contributed by atoms with E-state index in [1.165, 1.54) is 44.9 Å². The van der Waals surface area contributed by atoms with Gasteiger partial charge >= 0.3 is 0 Å². The van der Waals surface area contributed by atoms with Gasteiger partial charge in [-0.3, -0.25) is 0 Å². The second-order valence-corrected chi connectivity index (χ2v) is 3.51. The van der Waals surface area contributed by atoms with E-state index in [9.17, 15) is 0 Å². The van der Waals surface area contributed by atoms with Crippen molar-refractivity contribution in [3.8, 4) is 0 Å². The summed E-state index contributed by atoms with van der Waals surface area (Å²) in [6.07, 6.45) is 10.4. The van der Waals surface area contributed by atoms with Crippen LogP contribution in [0, 0.1) is 0 Å². The molecule has 0 bridgehead atoms. The van der Waals surface area contributed by atoms with Crippen LogP contribution in [-0.2, 0) is 4.74 Å². The van der Waals surface area contributed by atoms with Gasteiger partial charge in [-0.1, -0.05) is 45.4 Å². The molecule has 0 aromatic heterocycles. The minimum atomic E-state index is 0.654. The summed E-state index contributed by atoms with van der Waals surface area (Å²) in [7, 11) is 1.00. The third-order valence-corrected chi connectivity index (χ3v) is 2.28. The number of unbranched alkanes of at least 4 members (excludes halogenated alkanes) is 5. The number of aliphatic hydroxyl groups excluding tert-OH is 1. The molecule has 1 aliphatic rings. The molecular weight excluding hydrogens is 164 g/mol. The second kappa shape index (κ2) is 10.0. The lowest BCUT2D eigenvalue weighted by atomic mass is 10.1. The van der Waals surface area contributed by atoms with Crippen LogP contribution in [0.5, 0.6) is 0 Å². The molecule has 1 atom stereocenters. The first kappa shape index (κ1) is 12.9. The minimum absolute atomic E-state index is 0.654. The molecule has 0 amide bonds. The predicted molar refractivity (Wildman–Crippen MR) is 55.9 cm³/mol. The van der Waals surface area contributed by atoms with Crippen LogP contribution in [0.1, 0.15) is 51.9 Å². The monoisotopic (exact) mass is 188 g/mol. The van der Waals surface area contributed by atoms with Crippen molar-refractivity contribution in [3.05, 3.63) is 0 Å². The van der Waals surface area contributed by atoms with Crippen molar-refractivity contribution in [3.63, 3.8) is 0 Å². The van der Waals surface area contributed by atoms with Gasteiger partial charge in [-0.2, -0.15) is 0 Å².